The molecule has 0 saturated carbocycles. The van der Waals surface area contributed by atoms with Crippen LogP contribution in [-0.2, 0) is 0 Å². The van der Waals surface area contributed by atoms with Crippen molar-refractivity contribution in [3.05, 3.63) is 73.3 Å². The molecule has 8 nitrogen and oxygen atoms in total. The molecule has 146 valence electrons. The van der Waals surface area contributed by atoms with Crippen LogP contribution in [0.15, 0.2) is 67.5 Å². The third-order valence-electron chi connectivity index (χ3n) is 4.10. The molecule has 0 radical (unpaired) electrons. The van der Waals surface area contributed by atoms with Crippen LogP contribution in [0.3, 0.4) is 0 Å². The summed E-state index contributed by atoms with van der Waals surface area (Å²) in [6, 6.07) is 12.6. The molecule has 2 heterocycles. The molecule has 29 heavy (non-hydrogen) atoms. The van der Waals surface area contributed by atoms with Crippen LogP contribution in [-0.4, -0.2) is 31.5 Å². The highest BCUT2D eigenvalue weighted by molar-refractivity contribution is 5.82. The lowest BCUT2D eigenvalue weighted by Gasteiger charge is -2.13. The standard InChI is InChI=1S/C20H18FN7O/c1-2-18(29)24-13-4-3-5-14(9-13)25-19-16(21)11-22-20(27-19)26-15-6-7-17-12(8-15)10-23-28-17/h2-11,18,24,29H,1H2,(H,23,28)(H2,22,25,26,27). The summed E-state index contributed by atoms with van der Waals surface area (Å²) in [5.74, 6) is -0.327. The predicted molar refractivity (Wildman–Crippen MR) is 111 cm³/mol. The first-order valence-corrected chi connectivity index (χ1v) is 8.78. The first kappa shape index (κ1) is 18.4. The number of rotatable bonds is 7. The molecule has 1 unspecified atom stereocenters. The van der Waals surface area contributed by atoms with Gasteiger partial charge in [0.05, 0.1) is 17.9 Å². The summed E-state index contributed by atoms with van der Waals surface area (Å²) in [4.78, 5) is 8.21. The molecular formula is C20H18FN7O. The van der Waals surface area contributed by atoms with E-state index in [1.807, 2.05) is 18.2 Å². The molecular weight excluding hydrogens is 373 g/mol. The molecule has 0 bridgehead atoms. The van der Waals surface area contributed by atoms with Crippen LogP contribution >= 0.6 is 0 Å². The van der Waals surface area contributed by atoms with Crippen molar-refractivity contribution in [3.63, 3.8) is 0 Å². The third-order valence-corrected chi connectivity index (χ3v) is 4.10. The second-order valence-electron chi connectivity index (χ2n) is 6.22. The fraction of sp³-hybridized carbons (Fsp3) is 0.0500. The normalized spacial score (nSPS) is 11.8. The Kier molecular flexibility index (Phi) is 5.04. The van der Waals surface area contributed by atoms with Gasteiger partial charge in [0, 0.05) is 22.4 Å². The molecule has 0 spiro atoms. The third kappa shape index (κ3) is 4.30. The average molecular weight is 391 g/mol. The largest absolute Gasteiger partial charge is 0.370 e. The lowest BCUT2D eigenvalue weighted by Crippen LogP contribution is -2.14. The van der Waals surface area contributed by atoms with Crippen LogP contribution in [0, 0.1) is 5.82 Å². The number of hydrogen-bond acceptors (Lipinski definition) is 7. The Morgan fingerprint density at radius 3 is 2.76 bits per heavy atom. The Hall–Kier alpha value is -3.98. The average Bonchev–Trinajstić information content (AvgIpc) is 3.18. The molecule has 0 aliphatic carbocycles. The molecule has 9 heteroatoms. The van der Waals surface area contributed by atoms with Crippen molar-refractivity contribution in [2.45, 2.75) is 6.23 Å². The number of aliphatic hydroxyl groups excluding tert-OH is 1. The van der Waals surface area contributed by atoms with Gasteiger partial charge in [-0.25, -0.2) is 9.37 Å². The first-order chi connectivity index (χ1) is 14.1. The summed E-state index contributed by atoms with van der Waals surface area (Å²) in [6.45, 7) is 3.51. The maximum absolute atomic E-state index is 14.2. The lowest BCUT2D eigenvalue weighted by molar-refractivity contribution is 0.253. The van der Waals surface area contributed by atoms with Crippen molar-refractivity contribution < 1.29 is 9.50 Å². The van der Waals surface area contributed by atoms with E-state index in [1.54, 1.807) is 30.5 Å². The zero-order valence-corrected chi connectivity index (χ0v) is 15.2. The Balaban J connectivity index is 1.54. The van der Waals surface area contributed by atoms with E-state index in [2.05, 4.69) is 42.7 Å². The summed E-state index contributed by atoms with van der Waals surface area (Å²) in [5.41, 5.74) is 2.90. The van der Waals surface area contributed by atoms with E-state index >= 15 is 0 Å². The summed E-state index contributed by atoms with van der Waals surface area (Å²) < 4.78 is 14.2. The molecule has 5 N–H and O–H groups in total. The number of aromatic amines is 1. The predicted octanol–water partition coefficient (Wildman–Crippen LogP) is 3.90. The highest BCUT2D eigenvalue weighted by Gasteiger charge is 2.09. The monoisotopic (exact) mass is 391 g/mol. The summed E-state index contributed by atoms with van der Waals surface area (Å²) >= 11 is 0. The number of hydrogen-bond donors (Lipinski definition) is 5. The van der Waals surface area contributed by atoms with Gasteiger partial charge in [0.25, 0.3) is 0 Å². The summed E-state index contributed by atoms with van der Waals surface area (Å²) in [5, 5.41) is 26.2. The molecule has 4 aromatic rings. The minimum Gasteiger partial charge on any atom is -0.370 e. The maximum atomic E-state index is 14.2. The Morgan fingerprint density at radius 2 is 1.90 bits per heavy atom. The van der Waals surface area contributed by atoms with Gasteiger partial charge in [-0.05, 0) is 42.5 Å². The van der Waals surface area contributed by atoms with E-state index in [9.17, 15) is 9.50 Å². The lowest BCUT2D eigenvalue weighted by atomic mass is 10.2. The second kappa shape index (κ2) is 7.95. The van der Waals surface area contributed by atoms with Gasteiger partial charge in [-0.15, -0.1) is 0 Å². The number of anilines is 5. The van der Waals surface area contributed by atoms with Gasteiger partial charge in [-0.1, -0.05) is 12.6 Å². The topological polar surface area (TPSA) is 111 Å². The van der Waals surface area contributed by atoms with E-state index in [-0.39, 0.29) is 11.8 Å². The zero-order chi connectivity index (χ0) is 20.2. The van der Waals surface area contributed by atoms with E-state index in [0.29, 0.717) is 11.4 Å². The fourth-order valence-corrected chi connectivity index (χ4v) is 2.72. The molecule has 0 saturated heterocycles. The van der Waals surface area contributed by atoms with Gasteiger partial charge in [-0.3, -0.25) is 5.10 Å². The van der Waals surface area contributed by atoms with E-state index in [1.165, 1.54) is 6.08 Å². The molecule has 0 aliphatic heterocycles. The molecule has 2 aromatic heterocycles. The van der Waals surface area contributed by atoms with Crippen molar-refractivity contribution in [3.8, 4) is 0 Å². The van der Waals surface area contributed by atoms with Gasteiger partial charge in [0.2, 0.25) is 5.95 Å². The number of aliphatic hydroxyl groups is 1. The molecule has 0 fully saturated rings. The van der Waals surface area contributed by atoms with E-state index in [0.717, 1.165) is 22.8 Å². The van der Waals surface area contributed by atoms with Crippen LogP contribution in [0.5, 0.6) is 0 Å². The van der Waals surface area contributed by atoms with E-state index in [4.69, 9.17) is 0 Å². The molecule has 2 aromatic carbocycles. The number of nitrogens with one attached hydrogen (secondary N) is 4. The Labute approximate surface area is 165 Å². The molecule has 0 amide bonds. The van der Waals surface area contributed by atoms with Crippen LogP contribution in [0.25, 0.3) is 10.9 Å². The molecule has 1 atom stereocenters. The van der Waals surface area contributed by atoms with Crippen molar-refractivity contribution in [1.29, 1.82) is 0 Å². The number of aromatic nitrogens is 4. The van der Waals surface area contributed by atoms with Crippen molar-refractivity contribution >= 4 is 39.7 Å². The highest BCUT2D eigenvalue weighted by atomic mass is 19.1. The number of H-pyrrole nitrogens is 1. The van der Waals surface area contributed by atoms with Gasteiger partial charge in [-0.2, -0.15) is 10.1 Å². The van der Waals surface area contributed by atoms with Crippen molar-refractivity contribution in [1.82, 2.24) is 20.2 Å². The zero-order valence-electron chi connectivity index (χ0n) is 15.2. The highest BCUT2D eigenvalue weighted by Crippen LogP contribution is 2.24. The SMILES string of the molecule is C=CC(O)Nc1cccc(Nc2nc(Nc3ccc4[nH]ncc4c3)ncc2F)c1. The quantitative estimate of drug-likeness (QED) is 0.240. The van der Waals surface area contributed by atoms with Crippen LogP contribution in [0.2, 0.25) is 0 Å². The smallest absolute Gasteiger partial charge is 0.229 e. The minimum atomic E-state index is -0.885. The van der Waals surface area contributed by atoms with Crippen molar-refractivity contribution in [2.24, 2.45) is 0 Å². The van der Waals surface area contributed by atoms with Crippen LogP contribution < -0.4 is 16.0 Å². The minimum absolute atomic E-state index is 0.0216. The Morgan fingerprint density at radius 1 is 1.07 bits per heavy atom. The van der Waals surface area contributed by atoms with Crippen molar-refractivity contribution in [2.75, 3.05) is 16.0 Å². The maximum Gasteiger partial charge on any atom is 0.229 e. The van der Waals surface area contributed by atoms with Crippen LogP contribution in [0.1, 0.15) is 0 Å². The molecule has 4 rings (SSSR count). The van der Waals surface area contributed by atoms with Gasteiger partial charge >= 0.3 is 0 Å². The molecule has 0 aliphatic rings. The number of fused-ring (bicyclic) bond motifs is 1. The number of benzene rings is 2. The van der Waals surface area contributed by atoms with E-state index < -0.39 is 12.0 Å². The van der Waals surface area contributed by atoms with Crippen LogP contribution in [0.4, 0.5) is 33.2 Å². The van der Waals surface area contributed by atoms with Gasteiger partial charge in [0.1, 0.15) is 6.23 Å². The van der Waals surface area contributed by atoms with Gasteiger partial charge in [0.15, 0.2) is 11.6 Å². The summed E-state index contributed by atoms with van der Waals surface area (Å²) in [7, 11) is 0. The Bertz CT molecular complexity index is 1160. The summed E-state index contributed by atoms with van der Waals surface area (Å²) in [6.07, 6.45) is 3.29. The first-order valence-electron chi connectivity index (χ1n) is 8.78. The second-order valence-corrected chi connectivity index (χ2v) is 6.22. The van der Waals surface area contributed by atoms with Gasteiger partial charge < -0.3 is 21.1 Å². The number of halogens is 1. The fourth-order valence-electron chi connectivity index (χ4n) is 2.72. The number of nitrogens with zero attached hydrogens (tertiary/aromatic N) is 3.